The van der Waals surface area contributed by atoms with Crippen LogP contribution in [0.4, 0.5) is 4.39 Å². The van der Waals surface area contributed by atoms with E-state index in [4.69, 9.17) is 47.4 Å². The zero-order valence-electron chi connectivity index (χ0n) is 31.9. The Bertz CT molecular complexity index is 2240. The monoisotopic (exact) mass is 970 g/mol. The molecule has 5 rings (SSSR count). The summed E-state index contributed by atoms with van der Waals surface area (Å²) in [6.45, 7) is 8.96. The van der Waals surface area contributed by atoms with Crippen molar-refractivity contribution in [1.82, 2.24) is 34.8 Å². The molecular formula is C32H44FIN10O16. The summed E-state index contributed by atoms with van der Waals surface area (Å²) in [5.74, 6) is -5.68. The third-order valence-corrected chi connectivity index (χ3v) is 9.77. The molecule has 332 valence electrons. The number of hydrogen-bond acceptors (Lipinski definition) is 17. The van der Waals surface area contributed by atoms with Crippen molar-refractivity contribution >= 4 is 46.5 Å². The Labute approximate surface area is 348 Å². The van der Waals surface area contributed by atoms with Gasteiger partial charge < -0.3 is 47.5 Å². The van der Waals surface area contributed by atoms with Gasteiger partial charge in [-0.15, -0.1) is 0 Å². The van der Waals surface area contributed by atoms with E-state index in [0.29, 0.717) is 35.1 Å². The first kappa shape index (κ1) is 50.5. The van der Waals surface area contributed by atoms with E-state index in [1.54, 1.807) is 34.5 Å². The summed E-state index contributed by atoms with van der Waals surface area (Å²) >= 11 is 1.63. The van der Waals surface area contributed by atoms with Crippen LogP contribution in [0.1, 0.15) is 38.5 Å². The highest BCUT2D eigenvalue weighted by Crippen LogP contribution is 2.36. The number of carboxylic acid groups (broad SMARTS) is 4. The van der Waals surface area contributed by atoms with Crippen LogP contribution in [0.25, 0.3) is 0 Å². The summed E-state index contributed by atoms with van der Waals surface area (Å²) < 4.78 is 19.4. The molecule has 1 aliphatic heterocycles. The van der Waals surface area contributed by atoms with Crippen LogP contribution in [0.5, 0.6) is 0 Å². The fraction of sp³-hybridized carbons (Fsp3) is 0.500. The van der Waals surface area contributed by atoms with E-state index >= 15 is 0 Å². The second-order valence-corrected chi connectivity index (χ2v) is 14.9. The van der Waals surface area contributed by atoms with Crippen LogP contribution in [0.3, 0.4) is 0 Å². The predicted molar refractivity (Wildman–Crippen MR) is 209 cm³/mol. The number of aromatic nitrogens is 6. The zero-order valence-corrected chi connectivity index (χ0v) is 34.1. The summed E-state index contributed by atoms with van der Waals surface area (Å²) in [4.78, 5) is 105. The maximum absolute atomic E-state index is 12.7. The third-order valence-electron chi connectivity index (χ3n) is 9.06. The van der Waals surface area contributed by atoms with Gasteiger partial charge in [-0.05, 0) is 55.7 Å². The number of nitrogens with two attached hydrogens (primary N) is 3. The minimum absolute atomic E-state index is 0.0461. The highest BCUT2D eigenvalue weighted by atomic mass is 127. The molecule has 26 nitrogen and oxygen atoms in total. The standard InChI is InChI=1S/C10H15NO4.C9H14N2O4.C7H8FN3O4.C6H7IN4O4/c1-5(2)7-4-11-9(10(14)15)6(7)3-8(12)13;1-9(2)6-4(8(12)11-14-6)3-5(10)7(9)15-13;8-3-1-11(2-4(9)6(13)14)7(15)10-5(3)12;7-3-4(12)9-6(15)11(10-3)1-2(8)5(13)14/h6-7,9,11H,1,3-4H2,2H3,(H,12,13)(H,14,15);5,7,13H,3,10H2,1-2H3,(H,11,12);1,4H,2,9H2,(H,13,14)(H,10,12,15);2H,1,8H2,(H,13,14)(H,9,12,15)/t6-,7+,9-;5-,7?;4-;2-/m0000/s1. The maximum atomic E-state index is 12.7. The first-order valence-corrected chi connectivity index (χ1v) is 18.3. The highest BCUT2D eigenvalue weighted by molar-refractivity contribution is 14.1. The van der Waals surface area contributed by atoms with Gasteiger partial charge in [0, 0.05) is 18.5 Å². The molecule has 0 spiro atoms. The van der Waals surface area contributed by atoms with Crippen molar-refractivity contribution in [2.75, 3.05) is 6.54 Å². The van der Waals surface area contributed by atoms with Crippen LogP contribution >= 0.6 is 22.6 Å². The molecule has 15 N–H and O–H groups in total. The average molecular weight is 971 g/mol. The summed E-state index contributed by atoms with van der Waals surface area (Å²) in [6.07, 6.45) is 0.241. The van der Waals surface area contributed by atoms with E-state index in [2.05, 4.69) is 27.0 Å². The number of halogens is 2. The molecular weight excluding hydrogens is 926 g/mol. The molecule has 1 fully saturated rings. The van der Waals surface area contributed by atoms with Gasteiger partial charge in [-0.2, -0.15) is 14.6 Å². The van der Waals surface area contributed by atoms with Gasteiger partial charge in [0.25, 0.3) is 16.7 Å². The number of nitrogens with zero attached hydrogens (tertiary/aromatic N) is 3. The van der Waals surface area contributed by atoms with Crippen LogP contribution in [-0.4, -0.2) is 116 Å². The molecule has 3 aromatic rings. The Morgan fingerprint density at radius 2 is 1.58 bits per heavy atom. The largest absolute Gasteiger partial charge is 0.481 e. The molecule has 2 aliphatic rings. The lowest BCUT2D eigenvalue weighted by Crippen LogP contribution is -2.53. The lowest BCUT2D eigenvalue weighted by molar-refractivity contribution is -0.299. The summed E-state index contributed by atoms with van der Waals surface area (Å²) in [6, 6.07) is -3.77. The third kappa shape index (κ3) is 13.2. The minimum Gasteiger partial charge on any atom is -0.481 e. The molecule has 3 aromatic heterocycles. The highest BCUT2D eigenvalue weighted by Gasteiger charge is 2.47. The Morgan fingerprint density at radius 1 is 1.02 bits per heavy atom. The molecule has 0 radical (unpaired) electrons. The first-order chi connectivity index (χ1) is 27.7. The number of carboxylic acids is 4. The van der Waals surface area contributed by atoms with E-state index in [-0.39, 0.29) is 28.1 Å². The fourth-order valence-electron chi connectivity index (χ4n) is 6.01. The van der Waals surface area contributed by atoms with Crippen molar-refractivity contribution in [2.24, 2.45) is 29.0 Å². The molecule has 1 aliphatic carbocycles. The van der Waals surface area contributed by atoms with E-state index in [1.807, 2.05) is 18.8 Å². The van der Waals surface area contributed by atoms with Gasteiger partial charge in [-0.3, -0.25) is 53.4 Å². The van der Waals surface area contributed by atoms with Crippen LogP contribution < -0.4 is 50.6 Å². The predicted octanol–water partition coefficient (Wildman–Crippen LogP) is -3.65. The van der Waals surface area contributed by atoms with Crippen LogP contribution in [0.2, 0.25) is 0 Å². The van der Waals surface area contributed by atoms with Crippen molar-refractivity contribution < 1.29 is 58.7 Å². The number of aromatic amines is 3. The van der Waals surface area contributed by atoms with Crippen LogP contribution in [0.15, 0.2) is 46.8 Å². The van der Waals surface area contributed by atoms with Crippen molar-refractivity contribution in [3.8, 4) is 0 Å². The normalized spacial score (nSPS) is 20.9. The number of carbonyl (C=O) groups is 4. The lowest BCUT2D eigenvalue weighted by atomic mass is 9.73. The molecule has 4 heterocycles. The average Bonchev–Trinajstić information content (AvgIpc) is 3.73. The molecule has 60 heavy (non-hydrogen) atoms. The van der Waals surface area contributed by atoms with Gasteiger partial charge in [0.05, 0.1) is 36.7 Å². The van der Waals surface area contributed by atoms with Crippen LogP contribution in [0, 0.1) is 21.4 Å². The van der Waals surface area contributed by atoms with E-state index in [1.165, 1.54) is 0 Å². The molecule has 0 bridgehead atoms. The Kier molecular flexibility index (Phi) is 18.1. The minimum atomic E-state index is -1.34. The smallest absolute Gasteiger partial charge is 0.344 e. The van der Waals surface area contributed by atoms with Gasteiger partial charge in [-0.25, -0.2) is 19.2 Å². The molecule has 0 amide bonds. The van der Waals surface area contributed by atoms with Crippen molar-refractivity contribution in [3.05, 3.63) is 91.2 Å². The second-order valence-electron chi connectivity index (χ2n) is 13.9. The molecule has 1 unspecified atom stereocenters. The van der Waals surface area contributed by atoms with E-state index in [0.717, 1.165) is 10.3 Å². The van der Waals surface area contributed by atoms with Gasteiger partial charge in [0.1, 0.15) is 30.0 Å². The SMILES string of the molecule is C=C(C)[C@H]1CN[C@H](C(=O)O)[C@H]1CC(=O)O.CC1(C)c2o[nH]c(=O)c2C[C@H](N)C1OO.N[C@@H](Cn1cc(F)c(=O)[nH]c1=O)C(=O)O.N[C@@H](Cn1nc(I)c(=O)[nH]c1=O)C(=O)O. The summed E-state index contributed by atoms with van der Waals surface area (Å²) in [5.41, 5.74) is 13.2. The Hall–Kier alpha value is -5.66. The number of nitrogens with one attached hydrogen (secondary N) is 4. The number of H-pyrrole nitrogens is 3. The topological polar surface area (TPSA) is 437 Å². The molecule has 0 saturated carbocycles. The van der Waals surface area contributed by atoms with Gasteiger partial charge in [0.2, 0.25) is 5.82 Å². The van der Waals surface area contributed by atoms with Gasteiger partial charge >= 0.3 is 35.3 Å². The van der Waals surface area contributed by atoms with E-state index in [9.17, 15) is 47.5 Å². The number of fused-ring (bicyclic) bond motifs is 1. The van der Waals surface area contributed by atoms with Gasteiger partial charge in [-0.1, -0.05) is 12.2 Å². The lowest BCUT2D eigenvalue weighted by Gasteiger charge is -2.37. The zero-order chi connectivity index (χ0) is 46.0. The number of aliphatic carboxylic acids is 4. The molecule has 28 heteroatoms. The van der Waals surface area contributed by atoms with E-state index < -0.39 is 100 Å². The quantitative estimate of drug-likeness (QED) is 0.0381. The maximum Gasteiger partial charge on any atom is 0.344 e. The van der Waals surface area contributed by atoms with Crippen molar-refractivity contribution in [3.63, 3.8) is 0 Å². The van der Waals surface area contributed by atoms with Crippen LogP contribution in [-0.2, 0) is 49.0 Å². The summed E-state index contributed by atoms with van der Waals surface area (Å²) in [7, 11) is 0. The second kappa shape index (κ2) is 21.6. The molecule has 7 atom stereocenters. The molecule has 0 aromatic carbocycles. The van der Waals surface area contributed by atoms with Crippen molar-refractivity contribution in [1.29, 1.82) is 0 Å². The number of rotatable bonds is 11. The molecule has 1 saturated heterocycles. The Morgan fingerprint density at radius 3 is 2.10 bits per heavy atom. The first-order valence-electron chi connectivity index (χ1n) is 17.2. The Balaban J connectivity index is 0.000000276. The van der Waals surface area contributed by atoms with Crippen molar-refractivity contribution in [2.45, 2.75) is 82.4 Å². The summed E-state index contributed by atoms with van der Waals surface area (Å²) in [5, 5.41) is 52.1. The van der Waals surface area contributed by atoms with Gasteiger partial charge in [0.15, 0.2) is 3.70 Å². The fourth-order valence-corrected chi connectivity index (χ4v) is 6.41. The number of hydrogen-bond donors (Lipinski definition) is 12.